The van der Waals surface area contributed by atoms with E-state index in [1.807, 2.05) is 6.92 Å². The van der Waals surface area contributed by atoms with E-state index >= 15 is 0 Å². The molecule has 0 saturated heterocycles. The van der Waals surface area contributed by atoms with Gasteiger partial charge in [-0.3, -0.25) is 9.52 Å². The molecular weight excluding hydrogens is 406 g/mol. The molecule has 0 aliphatic heterocycles. The number of hydrogen-bond acceptors (Lipinski definition) is 7. The van der Waals surface area contributed by atoms with Gasteiger partial charge in [-0.05, 0) is 50.6 Å². The number of carbonyl (C=O) groups excluding carboxylic acids is 2. The fourth-order valence-electron chi connectivity index (χ4n) is 2.51. The standard InChI is InChI=1S/C21H21N3O5S/c1-13-4-8-17(9-5-13)24-30(27,28)20-10-16(7-6-14(20)2)21(26)29-12-19(25)18(11-22)15(3)23/h4-10,24H,12,23H2,1-3H3/b18-15+. The van der Waals surface area contributed by atoms with Gasteiger partial charge in [-0.2, -0.15) is 5.26 Å². The van der Waals surface area contributed by atoms with Crippen LogP contribution in [0, 0.1) is 25.2 Å². The third-order valence-corrected chi connectivity index (χ3v) is 5.66. The number of ether oxygens (including phenoxy) is 1. The second-order valence-electron chi connectivity index (χ2n) is 6.62. The third-order valence-electron chi connectivity index (χ3n) is 4.14. The highest BCUT2D eigenvalue weighted by Crippen LogP contribution is 2.21. The van der Waals surface area contributed by atoms with Crippen LogP contribution >= 0.6 is 0 Å². The predicted octanol–water partition coefficient (Wildman–Crippen LogP) is 2.59. The summed E-state index contributed by atoms with van der Waals surface area (Å²) >= 11 is 0. The van der Waals surface area contributed by atoms with Gasteiger partial charge in [0.1, 0.15) is 11.6 Å². The summed E-state index contributed by atoms with van der Waals surface area (Å²) in [6.45, 7) is 4.17. The maximum absolute atomic E-state index is 12.8. The van der Waals surface area contributed by atoms with Crippen molar-refractivity contribution >= 4 is 27.5 Å². The number of aryl methyl sites for hydroxylation is 2. The van der Waals surface area contributed by atoms with Crippen molar-refractivity contribution in [2.45, 2.75) is 25.7 Å². The van der Waals surface area contributed by atoms with E-state index in [0.717, 1.165) is 5.56 Å². The minimum atomic E-state index is -3.96. The molecule has 2 aromatic rings. The van der Waals surface area contributed by atoms with Crippen molar-refractivity contribution in [2.24, 2.45) is 5.73 Å². The Morgan fingerprint density at radius 2 is 1.77 bits per heavy atom. The van der Waals surface area contributed by atoms with Crippen LogP contribution in [0.4, 0.5) is 5.69 Å². The first-order chi connectivity index (χ1) is 14.0. The number of allylic oxidation sites excluding steroid dienone is 1. The van der Waals surface area contributed by atoms with Crippen LogP contribution in [0.15, 0.2) is 58.6 Å². The highest BCUT2D eigenvalue weighted by atomic mass is 32.2. The second kappa shape index (κ2) is 9.24. The molecule has 2 aromatic carbocycles. The maximum atomic E-state index is 12.8. The first-order valence-corrected chi connectivity index (χ1v) is 10.3. The number of sulfonamides is 1. The summed E-state index contributed by atoms with van der Waals surface area (Å²) in [7, 11) is -3.96. The molecule has 9 heteroatoms. The summed E-state index contributed by atoms with van der Waals surface area (Å²) in [5.74, 6) is -1.64. The van der Waals surface area contributed by atoms with Crippen LogP contribution in [0.5, 0.6) is 0 Å². The smallest absolute Gasteiger partial charge is 0.338 e. The highest BCUT2D eigenvalue weighted by Gasteiger charge is 2.21. The Balaban J connectivity index is 2.22. The van der Waals surface area contributed by atoms with E-state index in [4.69, 9.17) is 15.7 Å². The number of nitrogens with one attached hydrogen (secondary N) is 1. The quantitative estimate of drug-likeness (QED) is 0.393. The maximum Gasteiger partial charge on any atom is 0.338 e. The number of nitrogens with two attached hydrogens (primary N) is 1. The summed E-state index contributed by atoms with van der Waals surface area (Å²) < 4.78 is 32.9. The second-order valence-corrected chi connectivity index (χ2v) is 8.27. The van der Waals surface area contributed by atoms with Gasteiger partial charge in [-0.1, -0.05) is 23.8 Å². The van der Waals surface area contributed by atoms with E-state index in [9.17, 15) is 18.0 Å². The Morgan fingerprint density at radius 3 is 2.33 bits per heavy atom. The first-order valence-electron chi connectivity index (χ1n) is 8.82. The zero-order valence-electron chi connectivity index (χ0n) is 16.7. The number of Topliss-reactive ketones (excluding diaryl/α,β-unsaturated/α-hetero) is 1. The van der Waals surface area contributed by atoms with Crippen molar-refractivity contribution in [3.05, 3.63) is 70.4 Å². The number of nitrogens with zero attached hydrogens (tertiary/aromatic N) is 1. The predicted molar refractivity (Wildman–Crippen MR) is 111 cm³/mol. The molecule has 3 N–H and O–H groups in total. The van der Waals surface area contributed by atoms with Crippen LogP contribution in [0.1, 0.15) is 28.4 Å². The van der Waals surface area contributed by atoms with Gasteiger partial charge in [0.2, 0.25) is 5.78 Å². The van der Waals surface area contributed by atoms with E-state index < -0.39 is 28.4 Å². The monoisotopic (exact) mass is 427 g/mol. The van der Waals surface area contributed by atoms with Crippen molar-refractivity contribution in [1.29, 1.82) is 5.26 Å². The fraction of sp³-hybridized carbons (Fsp3) is 0.190. The van der Waals surface area contributed by atoms with Gasteiger partial charge in [0.05, 0.1) is 10.5 Å². The first kappa shape index (κ1) is 22.6. The van der Waals surface area contributed by atoms with Crippen LogP contribution in [-0.4, -0.2) is 26.8 Å². The van der Waals surface area contributed by atoms with Gasteiger partial charge in [0.15, 0.2) is 6.61 Å². The zero-order chi connectivity index (χ0) is 22.5. The molecule has 0 heterocycles. The number of ketones is 1. The normalized spacial score (nSPS) is 11.8. The minimum absolute atomic E-state index is 0.0180. The average molecular weight is 427 g/mol. The van der Waals surface area contributed by atoms with E-state index in [2.05, 4.69) is 4.72 Å². The Kier molecular flexibility index (Phi) is 6.97. The molecule has 30 heavy (non-hydrogen) atoms. The molecule has 0 fully saturated rings. The molecule has 156 valence electrons. The Morgan fingerprint density at radius 1 is 1.13 bits per heavy atom. The molecular formula is C21H21N3O5S. The molecule has 0 atom stereocenters. The van der Waals surface area contributed by atoms with Crippen molar-refractivity contribution in [2.75, 3.05) is 11.3 Å². The molecule has 0 aromatic heterocycles. The van der Waals surface area contributed by atoms with Crippen LogP contribution in [-0.2, 0) is 19.6 Å². The van der Waals surface area contributed by atoms with E-state index in [1.54, 1.807) is 37.3 Å². The molecule has 8 nitrogen and oxygen atoms in total. The average Bonchev–Trinajstić information content (AvgIpc) is 2.68. The lowest BCUT2D eigenvalue weighted by Crippen LogP contribution is -2.19. The van der Waals surface area contributed by atoms with Gasteiger partial charge in [0.25, 0.3) is 10.0 Å². The van der Waals surface area contributed by atoms with Crippen molar-refractivity contribution in [3.63, 3.8) is 0 Å². The van der Waals surface area contributed by atoms with Gasteiger partial charge < -0.3 is 10.5 Å². The number of nitriles is 1. The number of anilines is 1. The number of esters is 1. The van der Waals surface area contributed by atoms with Crippen molar-refractivity contribution < 1.29 is 22.7 Å². The Bertz CT molecular complexity index is 1160. The molecule has 0 spiro atoms. The van der Waals surface area contributed by atoms with Crippen LogP contribution in [0.25, 0.3) is 0 Å². The molecule has 0 radical (unpaired) electrons. The highest BCUT2D eigenvalue weighted by molar-refractivity contribution is 7.92. The van der Waals surface area contributed by atoms with Crippen molar-refractivity contribution in [3.8, 4) is 6.07 Å². The summed E-state index contributed by atoms with van der Waals surface area (Å²) in [5.41, 5.74) is 6.90. The fourth-order valence-corrected chi connectivity index (χ4v) is 3.84. The van der Waals surface area contributed by atoms with Gasteiger partial charge in [-0.25, -0.2) is 13.2 Å². The van der Waals surface area contributed by atoms with E-state index in [1.165, 1.54) is 25.1 Å². The molecule has 0 saturated carbocycles. The summed E-state index contributed by atoms with van der Waals surface area (Å²) in [6, 6.07) is 12.5. The molecule has 0 aliphatic carbocycles. The largest absolute Gasteiger partial charge is 0.454 e. The van der Waals surface area contributed by atoms with Crippen molar-refractivity contribution in [1.82, 2.24) is 0 Å². The van der Waals surface area contributed by atoms with E-state index in [0.29, 0.717) is 11.3 Å². The third kappa shape index (κ3) is 5.46. The molecule has 0 bridgehead atoms. The Labute approximate surface area is 175 Å². The summed E-state index contributed by atoms with van der Waals surface area (Å²) in [5, 5.41) is 8.92. The molecule has 0 amide bonds. The van der Waals surface area contributed by atoms with Gasteiger partial charge >= 0.3 is 5.97 Å². The van der Waals surface area contributed by atoms with Gasteiger partial charge in [0, 0.05) is 11.4 Å². The number of benzene rings is 2. The zero-order valence-corrected chi connectivity index (χ0v) is 17.5. The summed E-state index contributed by atoms with van der Waals surface area (Å²) in [4.78, 5) is 24.1. The van der Waals surface area contributed by atoms with Crippen LogP contribution in [0.3, 0.4) is 0 Å². The molecule has 2 rings (SSSR count). The number of rotatable bonds is 7. The molecule has 0 unspecified atom stereocenters. The lowest BCUT2D eigenvalue weighted by Gasteiger charge is -2.12. The number of hydrogen-bond donors (Lipinski definition) is 2. The van der Waals surface area contributed by atoms with Crippen LogP contribution in [0.2, 0.25) is 0 Å². The van der Waals surface area contributed by atoms with E-state index in [-0.39, 0.29) is 21.7 Å². The Hall–Kier alpha value is -3.64. The SMILES string of the molecule is C/C(N)=C(/C#N)C(=O)COC(=O)c1ccc(C)c(S(=O)(=O)Nc2ccc(C)cc2)c1. The minimum Gasteiger partial charge on any atom is -0.454 e. The lowest BCUT2D eigenvalue weighted by molar-refractivity contribution is -0.118. The van der Waals surface area contributed by atoms with Crippen LogP contribution < -0.4 is 10.5 Å². The summed E-state index contributed by atoms with van der Waals surface area (Å²) in [6.07, 6.45) is 0. The lowest BCUT2D eigenvalue weighted by atomic mass is 10.1. The molecule has 0 aliphatic rings. The topological polar surface area (TPSA) is 139 Å². The van der Waals surface area contributed by atoms with Gasteiger partial charge in [-0.15, -0.1) is 0 Å². The number of carbonyl (C=O) groups is 2.